The van der Waals surface area contributed by atoms with E-state index in [1.807, 2.05) is 13.8 Å². The number of hydrogen-bond donors (Lipinski definition) is 0. The maximum atomic E-state index is 12.6. The fraction of sp³-hybridized carbons (Fsp3) is 0.889. The van der Waals surface area contributed by atoms with Crippen molar-refractivity contribution in [1.82, 2.24) is 0 Å². The third kappa shape index (κ3) is 2.70. The molecule has 3 fully saturated rings. The van der Waals surface area contributed by atoms with Crippen molar-refractivity contribution in [2.45, 2.75) is 77.6 Å². The van der Waals surface area contributed by atoms with Crippen LogP contribution in [-0.2, 0) is 19.1 Å². The van der Waals surface area contributed by atoms with Crippen LogP contribution in [0, 0.1) is 23.7 Å². The molecule has 124 valence electrons. The minimum Gasteiger partial charge on any atom is -0.462 e. The minimum absolute atomic E-state index is 0.0135. The van der Waals surface area contributed by atoms with Crippen molar-refractivity contribution in [1.29, 1.82) is 0 Å². The van der Waals surface area contributed by atoms with Gasteiger partial charge in [-0.3, -0.25) is 9.59 Å². The fourth-order valence-corrected chi connectivity index (χ4v) is 4.88. The minimum atomic E-state index is -0.402. The quantitative estimate of drug-likeness (QED) is 0.735. The van der Waals surface area contributed by atoms with Crippen LogP contribution in [0.2, 0.25) is 0 Å². The lowest BCUT2D eigenvalue weighted by Gasteiger charge is -2.53. The Kier molecular flexibility index (Phi) is 4.09. The van der Waals surface area contributed by atoms with Gasteiger partial charge in [0.25, 0.3) is 0 Å². The Morgan fingerprint density at radius 2 is 1.95 bits per heavy atom. The molecule has 1 aliphatic carbocycles. The second kappa shape index (κ2) is 5.63. The van der Waals surface area contributed by atoms with Crippen LogP contribution in [0.1, 0.15) is 59.8 Å². The highest BCUT2D eigenvalue weighted by Gasteiger charge is 2.55. The number of ketones is 1. The van der Waals surface area contributed by atoms with Gasteiger partial charge in [0.2, 0.25) is 0 Å². The van der Waals surface area contributed by atoms with E-state index in [-0.39, 0.29) is 30.0 Å². The molecule has 1 saturated carbocycles. The molecule has 4 nitrogen and oxygen atoms in total. The lowest BCUT2D eigenvalue weighted by molar-refractivity contribution is -0.217. The molecule has 4 heteroatoms. The maximum Gasteiger partial charge on any atom is 0.306 e. The molecule has 0 amide bonds. The van der Waals surface area contributed by atoms with E-state index in [0.29, 0.717) is 30.5 Å². The third-order valence-electron chi connectivity index (χ3n) is 5.81. The molecular formula is C18H28O4. The van der Waals surface area contributed by atoms with Gasteiger partial charge in [-0.2, -0.15) is 0 Å². The number of carbonyl (C=O) groups is 2. The van der Waals surface area contributed by atoms with E-state index >= 15 is 0 Å². The molecule has 2 saturated heterocycles. The molecule has 0 spiro atoms. The Balaban J connectivity index is 1.86. The van der Waals surface area contributed by atoms with Crippen LogP contribution >= 0.6 is 0 Å². The summed E-state index contributed by atoms with van der Waals surface area (Å²) in [6.45, 7) is 8.20. The molecule has 0 aromatic carbocycles. The SMILES string of the molecule is CCCC1CC(=O)OC2C(C)C3OC(C)(C)CC(=O)C3CC12. The van der Waals surface area contributed by atoms with E-state index in [1.54, 1.807) is 0 Å². The highest BCUT2D eigenvalue weighted by molar-refractivity contribution is 5.83. The highest BCUT2D eigenvalue weighted by Crippen LogP contribution is 2.49. The molecule has 0 aromatic heterocycles. The van der Waals surface area contributed by atoms with E-state index in [9.17, 15) is 9.59 Å². The molecule has 22 heavy (non-hydrogen) atoms. The number of hydrogen-bond acceptors (Lipinski definition) is 4. The van der Waals surface area contributed by atoms with Crippen molar-refractivity contribution < 1.29 is 19.1 Å². The highest BCUT2D eigenvalue weighted by atomic mass is 16.6. The van der Waals surface area contributed by atoms with Gasteiger partial charge in [0.1, 0.15) is 11.9 Å². The Labute approximate surface area is 132 Å². The zero-order chi connectivity index (χ0) is 16.1. The Morgan fingerprint density at radius 3 is 2.64 bits per heavy atom. The van der Waals surface area contributed by atoms with Crippen LogP contribution in [0.3, 0.4) is 0 Å². The van der Waals surface area contributed by atoms with Gasteiger partial charge in [-0.05, 0) is 32.6 Å². The summed E-state index contributed by atoms with van der Waals surface area (Å²) in [6, 6.07) is 0. The van der Waals surface area contributed by atoms with Crippen LogP contribution < -0.4 is 0 Å². The lowest BCUT2D eigenvalue weighted by atomic mass is 9.62. The third-order valence-corrected chi connectivity index (χ3v) is 5.81. The molecule has 3 rings (SSSR count). The largest absolute Gasteiger partial charge is 0.462 e. The monoisotopic (exact) mass is 308 g/mol. The Bertz CT molecular complexity index is 470. The summed E-state index contributed by atoms with van der Waals surface area (Å²) < 4.78 is 11.9. The molecule has 0 bridgehead atoms. The number of carbonyl (C=O) groups excluding carboxylic acids is 2. The van der Waals surface area contributed by atoms with Gasteiger partial charge >= 0.3 is 5.97 Å². The Morgan fingerprint density at radius 1 is 1.23 bits per heavy atom. The molecule has 0 N–H and O–H groups in total. The molecule has 6 unspecified atom stereocenters. The van der Waals surface area contributed by atoms with Crippen molar-refractivity contribution in [2.24, 2.45) is 23.7 Å². The van der Waals surface area contributed by atoms with Gasteiger partial charge in [-0.25, -0.2) is 0 Å². The number of fused-ring (bicyclic) bond motifs is 2. The smallest absolute Gasteiger partial charge is 0.306 e. The summed E-state index contributed by atoms with van der Waals surface area (Å²) in [6.07, 6.45) is 3.76. The van der Waals surface area contributed by atoms with Crippen molar-refractivity contribution in [3.05, 3.63) is 0 Å². The second-order valence-corrected chi connectivity index (χ2v) is 8.06. The predicted octanol–water partition coefficient (Wildman–Crippen LogP) is 3.13. The summed E-state index contributed by atoms with van der Waals surface area (Å²) in [5.41, 5.74) is -0.402. The van der Waals surface area contributed by atoms with Gasteiger partial charge in [0, 0.05) is 30.6 Å². The van der Waals surface area contributed by atoms with Gasteiger partial charge in [-0.1, -0.05) is 20.3 Å². The van der Waals surface area contributed by atoms with Crippen LogP contribution in [0.5, 0.6) is 0 Å². The summed E-state index contributed by atoms with van der Waals surface area (Å²) in [5.74, 6) is 1.02. The standard InChI is InChI=1S/C18H28O4/c1-5-6-11-7-15(20)21-16-10(2)17-13(8-12(11)16)14(19)9-18(3,4)22-17/h10-13,16-17H,5-9H2,1-4H3. The van der Waals surface area contributed by atoms with Gasteiger partial charge in [0.05, 0.1) is 11.7 Å². The summed E-state index contributed by atoms with van der Waals surface area (Å²) in [5, 5.41) is 0. The topological polar surface area (TPSA) is 52.6 Å². The van der Waals surface area contributed by atoms with E-state index in [4.69, 9.17) is 9.47 Å². The molecule has 3 aliphatic rings. The number of ether oxygens (including phenoxy) is 2. The van der Waals surface area contributed by atoms with Crippen molar-refractivity contribution in [2.75, 3.05) is 0 Å². The van der Waals surface area contributed by atoms with Gasteiger partial charge in [0.15, 0.2) is 0 Å². The van der Waals surface area contributed by atoms with Crippen LogP contribution in [-0.4, -0.2) is 29.6 Å². The molecule has 0 radical (unpaired) electrons. The first kappa shape index (κ1) is 16.0. The first-order valence-corrected chi connectivity index (χ1v) is 8.72. The maximum absolute atomic E-state index is 12.6. The zero-order valence-electron chi connectivity index (χ0n) is 14.1. The molecule has 2 heterocycles. The average molecular weight is 308 g/mol. The predicted molar refractivity (Wildman–Crippen MR) is 82.2 cm³/mol. The van der Waals surface area contributed by atoms with E-state index in [1.165, 1.54) is 0 Å². The summed E-state index contributed by atoms with van der Waals surface area (Å²) in [7, 11) is 0. The average Bonchev–Trinajstić information content (AvgIpc) is 2.41. The molecule has 2 aliphatic heterocycles. The molecule has 0 aromatic rings. The number of rotatable bonds is 2. The fourth-order valence-electron chi connectivity index (χ4n) is 4.88. The van der Waals surface area contributed by atoms with E-state index < -0.39 is 5.60 Å². The van der Waals surface area contributed by atoms with Crippen molar-refractivity contribution >= 4 is 11.8 Å². The second-order valence-electron chi connectivity index (χ2n) is 8.06. The first-order chi connectivity index (χ1) is 10.3. The first-order valence-electron chi connectivity index (χ1n) is 8.72. The zero-order valence-corrected chi connectivity index (χ0v) is 14.1. The summed E-state index contributed by atoms with van der Waals surface area (Å²) >= 11 is 0. The lowest BCUT2D eigenvalue weighted by Crippen LogP contribution is -2.59. The molecular weight excluding hydrogens is 280 g/mol. The van der Waals surface area contributed by atoms with Crippen molar-refractivity contribution in [3.63, 3.8) is 0 Å². The van der Waals surface area contributed by atoms with Crippen LogP contribution in [0.25, 0.3) is 0 Å². The van der Waals surface area contributed by atoms with Crippen LogP contribution in [0.15, 0.2) is 0 Å². The van der Waals surface area contributed by atoms with Crippen LogP contribution in [0.4, 0.5) is 0 Å². The van der Waals surface area contributed by atoms with Gasteiger partial charge in [-0.15, -0.1) is 0 Å². The number of esters is 1. The van der Waals surface area contributed by atoms with E-state index in [2.05, 4.69) is 13.8 Å². The van der Waals surface area contributed by atoms with Gasteiger partial charge < -0.3 is 9.47 Å². The van der Waals surface area contributed by atoms with E-state index in [0.717, 1.165) is 19.3 Å². The molecule has 6 atom stereocenters. The number of Topliss-reactive ketones (excluding diaryl/α,β-unsaturated/α-hetero) is 1. The normalized spacial score (nSPS) is 44.0. The Hall–Kier alpha value is -0.900. The van der Waals surface area contributed by atoms with Crippen molar-refractivity contribution in [3.8, 4) is 0 Å². The summed E-state index contributed by atoms with van der Waals surface area (Å²) in [4.78, 5) is 24.6.